The summed E-state index contributed by atoms with van der Waals surface area (Å²) in [6.45, 7) is 12.5. The van der Waals surface area contributed by atoms with E-state index < -0.39 is 28.0 Å². The number of piperidine rings is 1. The molecule has 7 nitrogen and oxygen atoms in total. The minimum Gasteiger partial charge on any atom is -0.598 e. The van der Waals surface area contributed by atoms with E-state index in [2.05, 4.69) is 4.72 Å². The van der Waals surface area contributed by atoms with Crippen molar-refractivity contribution >= 4 is 28.9 Å². The number of carbonyl (C=O) groups is 1. The van der Waals surface area contributed by atoms with Gasteiger partial charge in [0.1, 0.15) is 10.5 Å². The van der Waals surface area contributed by atoms with Crippen molar-refractivity contribution < 1.29 is 23.9 Å². The van der Waals surface area contributed by atoms with Gasteiger partial charge in [0.25, 0.3) is 5.91 Å². The molecule has 0 bridgehead atoms. The van der Waals surface area contributed by atoms with Crippen molar-refractivity contribution in [3.8, 4) is 5.75 Å². The summed E-state index contributed by atoms with van der Waals surface area (Å²) in [6.07, 6.45) is 0.822. The maximum atomic E-state index is 13.0. The van der Waals surface area contributed by atoms with E-state index in [1.54, 1.807) is 26.0 Å². The minimum atomic E-state index is -1.34. The Hall–Kier alpha value is -1.03. The summed E-state index contributed by atoms with van der Waals surface area (Å²) in [5.41, 5.74) is 1.42. The molecular formula is C23H35ClN2O5S. The van der Waals surface area contributed by atoms with Crippen molar-refractivity contribution in [2.45, 2.75) is 77.1 Å². The van der Waals surface area contributed by atoms with Gasteiger partial charge in [-0.2, -0.15) is 0 Å². The number of likely N-dealkylation sites (tertiary alicyclic amines) is 1. The minimum absolute atomic E-state index is 0.0574. The number of amides is 1. The molecular weight excluding hydrogens is 452 g/mol. The number of phenols is 1. The highest BCUT2D eigenvalue weighted by Gasteiger charge is 2.41. The summed E-state index contributed by atoms with van der Waals surface area (Å²) in [5.74, 6) is -0.592. The van der Waals surface area contributed by atoms with Crippen molar-refractivity contribution in [2.24, 2.45) is 5.92 Å². The van der Waals surface area contributed by atoms with Crippen LogP contribution in [-0.4, -0.2) is 56.8 Å². The first-order valence-corrected chi connectivity index (χ1v) is 12.6. The third kappa shape index (κ3) is 5.90. The molecule has 2 aliphatic rings. The lowest BCUT2D eigenvalue weighted by molar-refractivity contribution is -0.161. The second-order valence-corrected chi connectivity index (χ2v) is 12.5. The summed E-state index contributed by atoms with van der Waals surface area (Å²) < 4.78 is 27.0. The van der Waals surface area contributed by atoms with Crippen LogP contribution in [0.3, 0.4) is 0 Å². The molecule has 0 aliphatic carbocycles. The Kier molecular flexibility index (Phi) is 7.74. The number of hydrogen-bond acceptors (Lipinski definition) is 6. The summed E-state index contributed by atoms with van der Waals surface area (Å²) in [6, 6.07) is 3.05. The van der Waals surface area contributed by atoms with Gasteiger partial charge in [0.15, 0.2) is 11.9 Å². The largest absolute Gasteiger partial charge is 0.598 e. The second kappa shape index (κ2) is 9.68. The molecule has 2 saturated heterocycles. The molecule has 32 heavy (non-hydrogen) atoms. The van der Waals surface area contributed by atoms with Gasteiger partial charge in [-0.05, 0) is 78.0 Å². The van der Waals surface area contributed by atoms with E-state index in [9.17, 15) is 14.5 Å². The van der Waals surface area contributed by atoms with Crippen LogP contribution in [0.5, 0.6) is 5.75 Å². The normalized spacial score (nSPS) is 23.9. The fraction of sp³-hybridized carbons (Fsp3) is 0.696. The van der Waals surface area contributed by atoms with Crippen molar-refractivity contribution in [3.63, 3.8) is 0 Å². The van der Waals surface area contributed by atoms with E-state index in [-0.39, 0.29) is 30.2 Å². The maximum absolute atomic E-state index is 13.0. The number of nitrogens with zero attached hydrogens (tertiary/aromatic N) is 1. The number of aryl methyl sites for hydroxylation is 1. The molecule has 1 aromatic carbocycles. The molecule has 2 heterocycles. The highest BCUT2D eigenvalue weighted by Crippen LogP contribution is 2.39. The first kappa shape index (κ1) is 25.6. The molecule has 1 aromatic rings. The van der Waals surface area contributed by atoms with Gasteiger partial charge in [-0.15, -0.1) is 4.72 Å². The van der Waals surface area contributed by atoms with Crippen molar-refractivity contribution in [2.75, 3.05) is 19.7 Å². The summed E-state index contributed by atoms with van der Waals surface area (Å²) in [7, 11) is 0. The molecule has 0 spiro atoms. The first-order chi connectivity index (χ1) is 14.8. The van der Waals surface area contributed by atoms with E-state index in [1.165, 1.54) is 0 Å². The Balaban J connectivity index is 1.75. The van der Waals surface area contributed by atoms with Crippen LogP contribution in [0.4, 0.5) is 0 Å². The topological polar surface area (TPSA) is 94.1 Å². The van der Waals surface area contributed by atoms with E-state index in [4.69, 9.17) is 21.1 Å². The Morgan fingerprint density at radius 3 is 2.50 bits per heavy atom. The number of aromatic hydroxyl groups is 1. The van der Waals surface area contributed by atoms with E-state index in [1.807, 2.05) is 32.6 Å². The zero-order chi connectivity index (χ0) is 23.8. The summed E-state index contributed by atoms with van der Waals surface area (Å²) >= 11 is 5.02. The smallest absolute Gasteiger partial charge is 0.254 e. The Labute approximate surface area is 199 Å². The molecule has 2 fully saturated rings. The number of phenolic OH excluding ortho intramolecular Hbond substituents is 1. The Morgan fingerprint density at radius 1 is 1.34 bits per heavy atom. The highest BCUT2D eigenvalue weighted by atomic mass is 35.5. The third-order valence-electron chi connectivity index (χ3n) is 6.04. The molecule has 0 aromatic heterocycles. The van der Waals surface area contributed by atoms with Crippen LogP contribution in [0.2, 0.25) is 5.02 Å². The lowest BCUT2D eigenvalue weighted by Gasteiger charge is -2.38. The zero-order valence-corrected chi connectivity index (χ0v) is 21.3. The quantitative estimate of drug-likeness (QED) is 0.614. The van der Waals surface area contributed by atoms with E-state index in [0.29, 0.717) is 36.5 Å². The summed E-state index contributed by atoms with van der Waals surface area (Å²) in [4.78, 5) is 14.7. The molecule has 3 atom stereocenters. The van der Waals surface area contributed by atoms with Crippen molar-refractivity contribution in [1.82, 2.24) is 9.62 Å². The number of rotatable bonds is 5. The van der Waals surface area contributed by atoms with Gasteiger partial charge in [-0.25, -0.2) is 0 Å². The van der Waals surface area contributed by atoms with Gasteiger partial charge in [0, 0.05) is 35.0 Å². The Morgan fingerprint density at radius 2 is 1.97 bits per heavy atom. The highest BCUT2D eigenvalue weighted by molar-refractivity contribution is 7.90. The number of carbonyl (C=O) groups excluding carboxylic acids is 1. The predicted molar refractivity (Wildman–Crippen MR) is 126 cm³/mol. The third-order valence-corrected chi connectivity index (χ3v) is 8.03. The number of halogens is 1. The molecule has 3 rings (SSSR count). The van der Waals surface area contributed by atoms with Gasteiger partial charge in [0.05, 0.1) is 12.6 Å². The predicted octanol–water partition coefficient (Wildman–Crippen LogP) is 3.84. The van der Waals surface area contributed by atoms with E-state index in [0.717, 1.165) is 5.56 Å². The molecule has 180 valence electrons. The van der Waals surface area contributed by atoms with Crippen LogP contribution < -0.4 is 4.72 Å². The molecule has 0 radical (unpaired) electrons. The van der Waals surface area contributed by atoms with Crippen LogP contribution in [0.1, 0.15) is 64.6 Å². The number of ether oxygens (including phenoxy) is 2. The summed E-state index contributed by atoms with van der Waals surface area (Å²) in [5, 5.41) is 11.2. The molecule has 1 amide bonds. The zero-order valence-electron chi connectivity index (χ0n) is 19.7. The number of hydrogen-bond donors (Lipinski definition) is 2. The first-order valence-electron chi connectivity index (χ1n) is 11.1. The molecule has 2 aliphatic heterocycles. The standard InChI is InChI=1S/C23H35ClN2O5S/c1-14-11-18(27)16(12-17(14)24)20(25-32(29)22(2,3)4)15-7-9-26(10-8-15)21(28)19-13-30-23(5,6)31-19/h11-12,15,19-20,25,27H,7-10,13H2,1-6H3/t19-,20-,32?/m1/s1. The van der Waals surface area contributed by atoms with Crippen LogP contribution in [0.25, 0.3) is 0 Å². The maximum Gasteiger partial charge on any atom is 0.254 e. The molecule has 9 heteroatoms. The van der Waals surface area contributed by atoms with Crippen molar-refractivity contribution in [1.29, 1.82) is 0 Å². The van der Waals surface area contributed by atoms with Crippen LogP contribution >= 0.6 is 11.6 Å². The lowest BCUT2D eigenvalue weighted by Crippen LogP contribution is -2.48. The van der Waals surface area contributed by atoms with Gasteiger partial charge < -0.3 is 24.0 Å². The molecule has 0 saturated carbocycles. The average molecular weight is 487 g/mol. The number of nitrogens with one attached hydrogen (secondary N) is 1. The van der Waals surface area contributed by atoms with Gasteiger partial charge in [-0.1, -0.05) is 11.6 Å². The van der Waals surface area contributed by atoms with Gasteiger partial charge in [-0.3, -0.25) is 4.79 Å². The average Bonchev–Trinajstić information content (AvgIpc) is 3.07. The van der Waals surface area contributed by atoms with Crippen LogP contribution in [-0.2, 0) is 25.6 Å². The fourth-order valence-corrected chi connectivity index (χ4v) is 5.18. The lowest BCUT2D eigenvalue weighted by atomic mass is 9.85. The molecule has 2 N–H and O–H groups in total. The molecule has 1 unspecified atom stereocenters. The monoisotopic (exact) mass is 486 g/mol. The van der Waals surface area contributed by atoms with Crippen molar-refractivity contribution in [3.05, 3.63) is 28.3 Å². The van der Waals surface area contributed by atoms with Gasteiger partial charge >= 0.3 is 0 Å². The van der Waals surface area contributed by atoms with E-state index >= 15 is 0 Å². The fourth-order valence-electron chi connectivity index (χ4n) is 4.10. The van der Waals surface area contributed by atoms with Gasteiger partial charge in [0.2, 0.25) is 0 Å². The van der Waals surface area contributed by atoms with Crippen LogP contribution in [0.15, 0.2) is 12.1 Å². The number of benzene rings is 1. The Bertz CT molecular complexity index is 836. The van der Waals surface area contributed by atoms with Crippen LogP contribution in [0, 0.1) is 12.8 Å². The second-order valence-electron chi connectivity index (χ2n) is 10.1. The SMILES string of the molecule is Cc1cc(O)c([C@H](N[S+]([O-])C(C)(C)C)C2CCN(C(=O)[C@H]3COC(C)(C)O3)CC2)cc1Cl.